The van der Waals surface area contributed by atoms with Crippen molar-refractivity contribution in [3.63, 3.8) is 0 Å². The maximum absolute atomic E-state index is 11.0. The Balaban J connectivity index is 2.32. The van der Waals surface area contributed by atoms with Crippen LogP contribution in [0, 0.1) is 0 Å². The van der Waals surface area contributed by atoms with E-state index in [1.165, 1.54) is 10.8 Å². The molecule has 2 rings (SSSR count). The number of hydrogen-bond donors (Lipinski definition) is 1. The minimum absolute atomic E-state index is 0.0612. The van der Waals surface area contributed by atoms with Crippen molar-refractivity contribution in [2.75, 3.05) is 6.54 Å². The average molecular weight is 271 g/mol. The third-order valence-corrected chi connectivity index (χ3v) is 3.73. The fourth-order valence-electron chi connectivity index (χ4n) is 2.58. The molecule has 0 saturated carbocycles. The zero-order valence-corrected chi connectivity index (χ0v) is 12.2. The molecule has 0 aromatic heterocycles. The summed E-state index contributed by atoms with van der Waals surface area (Å²) in [7, 11) is 0. The Bertz CT molecular complexity index is 607. The number of hydrogen-bond acceptors (Lipinski definition) is 2. The first kappa shape index (κ1) is 14.5. The van der Waals surface area contributed by atoms with E-state index < -0.39 is 5.97 Å². The Hall–Kier alpha value is -1.87. The van der Waals surface area contributed by atoms with Gasteiger partial charge in [-0.05, 0) is 43.2 Å². The van der Waals surface area contributed by atoms with E-state index in [2.05, 4.69) is 37.3 Å². The number of carbonyl (C=O) groups is 1. The number of rotatable bonds is 5. The molecule has 0 radical (unpaired) electrons. The van der Waals surface area contributed by atoms with Gasteiger partial charge in [0.05, 0.1) is 6.54 Å². The van der Waals surface area contributed by atoms with E-state index in [4.69, 9.17) is 5.11 Å². The van der Waals surface area contributed by atoms with Gasteiger partial charge in [0.25, 0.3) is 0 Å². The topological polar surface area (TPSA) is 40.5 Å². The van der Waals surface area contributed by atoms with Gasteiger partial charge < -0.3 is 5.11 Å². The highest BCUT2D eigenvalue weighted by Gasteiger charge is 2.21. The molecule has 0 aliphatic heterocycles. The van der Waals surface area contributed by atoms with E-state index in [0.29, 0.717) is 0 Å². The minimum atomic E-state index is -0.786. The van der Waals surface area contributed by atoms with Crippen molar-refractivity contribution >= 4 is 16.7 Å². The highest BCUT2D eigenvalue weighted by atomic mass is 16.4. The van der Waals surface area contributed by atoms with E-state index >= 15 is 0 Å². The molecule has 2 aromatic carbocycles. The van der Waals surface area contributed by atoms with Gasteiger partial charge in [-0.25, -0.2) is 0 Å². The van der Waals surface area contributed by atoms with Crippen molar-refractivity contribution in [2.24, 2.45) is 0 Å². The Kier molecular flexibility index (Phi) is 4.40. The molecular formula is C17H21NO2. The van der Waals surface area contributed by atoms with Crippen molar-refractivity contribution in [3.05, 3.63) is 48.0 Å². The molecule has 0 aliphatic carbocycles. The molecule has 0 heterocycles. The maximum Gasteiger partial charge on any atom is 0.317 e. The van der Waals surface area contributed by atoms with E-state index in [9.17, 15) is 4.79 Å². The van der Waals surface area contributed by atoms with Crippen molar-refractivity contribution in [1.29, 1.82) is 0 Å². The molecule has 0 amide bonds. The predicted octanol–water partition coefficient (Wildman–Crippen LogP) is 3.70. The van der Waals surface area contributed by atoms with E-state index in [1.54, 1.807) is 0 Å². The van der Waals surface area contributed by atoms with Crippen LogP contribution in [0.25, 0.3) is 10.8 Å². The third-order valence-electron chi connectivity index (χ3n) is 3.73. The van der Waals surface area contributed by atoms with Crippen molar-refractivity contribution in [1.82, 2.24) is 4.90 Å². The molecule has 3 heteroatoms. The van der Waals surface area contributed by atoms with Crippen LogP contribution in [0.1, 0.15) is 32.4 Å². The van der Waals surface area contributed by atoms with Crippen LogP contribution in [0.2, 0.25) is 0 Å². The summed E-state index contributed by atoms with van der Waals surface area (Å²) in [6, 6.07) is 14.8. The van der Waals surface area contributed by atoms with Crippen LogP contribution in [-0.4, -0.2) is 28.6 Å². The van der Waals surface area contributed by atoms with Gasteiger partial charge in [-0.3, -0.25) is 9.69 Å². The average Bonchev–Trinajstić information content (AvgIpc) is 2.43. The smallest absolute Gasteiger partial charge is 0.317 e. The van der Waals surface area contributed by atoms with Crippen LogP contribution in [0.15, 0.2) is 42.5 Å². The lowest BCUT2D eigenvalue weighted by atomic mass is 10.0. The molecule has 0 fully saturated rings. The van der Waals surface area contributed by atoms with Crippen LogP contribution >= 0.6 is 0 Å². The summed E-state index contributed by atoms with van der Waals surface area (Å²) in [6.07, 6.45) is 0. The number of carboxylic acid groups (broad SMARTS) is 1. The summed E-state index contributed by atoms with van der Waals surface area (Å²) in [6.45, 7) is 6.18. The second-order valence-electron chi connectivity index (χ2n) is 5.44. The summed E-state index contributed by atoms with van der Waals surface area (Å²) >= 11 is 0. The highest BCUT2D eigenvalue weighted by molar-refractivity contribution is 5.83. The van der Waals surface area contributed by atoms with Gasteiger partial charge in [-0.15, -0.1) is 0 Å². The lowest BCUT2D eigenvalue weighted by molar-refractivity contribution is -0.139. The number of aliphatic carboxylic acids is 1. The Morgan fingerprint density at radius 1 is 1.10 bits per heavy atom. The third kappa shape index (κ3) is 3.17. The number of carboxylic acids is 1. The molecule has 1 atom stereocenters. The van der Waals surface area contributed by atoms with Crippen molar-refractivity contribution in [2.45, 2.75) is 32.9 Å². The summed E-state index contributed by atoms with van der Waals surface area (Å²) in [5.74, 6) is -0.786. The first-order valence-corrected chi connectivity index (χ1v) is 6.95. The van der Waals surface area contributed by atoms with Gasteiger partial charge in [-0.1, -0.05) is 36.4 Å². The van der Waals surface area contributed by atoms with Crippen LogP contribution in [-0.2, 0) is 4.79 Å². The van der Waals surface area contributed by atoms with Crippen molar-refractivity contribution < 1.29 is 9.90 Å². The molecular weight excluding hydrogens is 250 g/mol. The maximum atomic E-state index is 11.0. The first-order valence-electron chi connectivity index (χ1n) is 6.95. The highest BCUT2D eigenvalue weighted by Crippen LogP contribution is 2.25. The summed E-state index contributed by atoms with van der Waals surface area (Å²) in [5.41, 5.74) is 1.15. The molecule has 3 nitrogen and oxygen atoms in total. The van der Waals surface area contributed by atoms with Crippen LogP contribution < -0.4 is 0 Å². The summed E-state index contributed by atoms with van der Waals surface area (Å²) < 4.78 is 0. The van der Waals surface area contributed by atoms with Gasteiger partial charge in [0.2, 0.25) is 0 Å². The number of benzene rings is 2. The molecule has 0 bridgehead atoms. The SMILES string of the molecule is CC(C)N(CC(=O)O)C(C)c1ccc2ccccc2c1. The quantitative estimate of drug-likeness (QED) is 0.901. The van der Waals surface area contributed by atoms with Crippen LogP contribution in [0.5, 0.6) is 0 Å². The fourth-order valence-corrected chi connectivity index (χ4v) is 2.58. The standard InChI is InChI=1S/C17H21NO2/c1-12(2)18(11-17(19)20)13(3)15-9-8-14-6-4-5-7-16(14)10-15/h4-10,12-13H,11H2,1-3H3,(H,19,20). The van der Waals surface area contributed by atoms with Gasteiger partial charge in [0.1, 0.15) is 0 Å². The molecule has 106 valence electrons. The van der Waals surface area contributed by atoms with Gasteiger partial charge >= 0.3 is 5.97 Å². The van der Waals surface area contributed by atoms with Gasteiger partial charge in [0, 0.05) is 12.1 Å². The molecule has 0 aliphatic rings. The zero-order valence-electron chi connectivity index (χ0n) is 12.2. The summed E-state index contributed by atoms with van der Waals surface area (Å²) in [4.78, 5) is 13.0. The fraction of sp³-hybridized carbons (Fsp3) is 0.353. The molecule has 0 saturated heterocycles. The predicted molar refractivity (Wildman–Crippen MR) is 81.8 cm³/mol. The largest absolute Gasteiger partial charge is 0.480 e. The molecule has 2 aromatic rings. The lowest BCUT2D eigenvalue weighted by Gasteiger charge is -2.31. The zero-order chi connectivity index (χ0) is 14.7. The lowest BCUT2D eigenvalue weighted by Crippen LogP contribution is -2.37. The Morgan fingerprint density at radius 3 is 2.35 bits per heavy atom. The van der Waals surface area contributed by atoms with Gasteiger partial charge in [0.15, 0.2) is 0 Å². The molecule has 20 heavy (non-hydrogen) atoms. The number of nitrogens with zero attached hydrogens (tertiary/aromatic N) is 1. The normalized spacial score (nSPS) is 13.1. The Morgan fingerprint density at radius 2 is 1.75 bits per heavy atom. The monoisotopic (exact) mass is 271 g/mol. The summed E-state index contributed by atoms with van der Waals surface area (Å²) in [5, 5.41) is 11.5. The van der Waals surface area contributed by atoms with E-state index in [-0.39, 0.29) is 18.6 Å². The second-order valence-corrected chi connectivity index (χ2v) is 5.44. The first-order chi connectivity index (χ1) is 9.49. The number of fused-ring (bicyclic) bond motifs is 1. The van der Waals surface area contributed by atoms with Gasteiger partial charge in [-0.2, -0.15) is 0 Å². The second kappa shape index (κ2) is 6.06. The minimum Gasteiger partial charge on any atom is -0.480 e. The van der Waals surface area contributed by atoms with Crippen LogP contribution in [0.4, 0.5) is 0 Å². The molecule has 1 unspecified atom stereocenters. The molecule has 0 spiro atoms. The molecule has 1 N–H and O–H groups in total. The van der Waals surface area contributed by atoms with E-state index in [0.717, 1.165) is 5.56 Å². The van der Waals surface area contributed by atoms with Crippen molar-refractivity contribution in [3.8, 4) is 0 Å². The van der Waals surface area contributed by atoms with E-state index in [1.807, 2.05) is 30.9 Å². The van der Waals surface area contributed by atoms with Crippen LogP contribution in [0.3, 0.4) is 0 Å². The Labute approximate surface area is 119 Å².